The highest BCUT2D eigenvalue weighted by Crippen LogP contribution is 2.44. The molecule has 142 valence electrons. The van der Waals surface area contributed by atoms with Gasteiger partial charge in [0.25, 0.3) is 0 Å². The Morgan fingerprint density at radius 3 is 2.56 bits per heavy atom. The van der Waals surface area contributed by atoms with Gasteiger partial charge in [0.05, 0.1) is 25.5 Å². The molecule has 0 radical (unpaired) electrons. The van der Waals surface area contributed by atoms with E-state index in [2.05, 4.69) is 36.4 Å². The van der Waals surface area contributed by atoms with E-state index in [0.29, 0.717) is 24.4 Å². The summed E-state index contributed by atoms with van der Waals surface area (Å²) in [5, 5.41) is 0. The van der Waals surface area contributed by atoms with Crippen molar-refractivity contribution >= 4 is 17.3 Å². The third-order valence-corrected chi connectivity index (χ3v) is 6.00. The van der Waals surface area contributed by atoms with Gasteiger partial charge in [-0.05, 0) is 43.0 Å². The Morgan fingerprint density at radius 1 is 1.07 bits per heavy atom. The average Bonchev–Trinajstić information content (AvgIpc) is 2.73. The third-order valence-electron chi connectivity index (χ3n) is 5.70. The molecule has 2 atom stereocenters. The van der Waals surface area contributed by atoms with Crippen molar-refractivity contribution in [2.45, 2.75) is 50.4 Å². The van der Waals surface area contributed by atoms with Crippen molar-refractivity contribution in [3.05, 3.63) is 58.7 Å². The number of methoxy groups -OCH3 is 1. The molecule has 1 fully saturated rings. The second-order valence-electron chi connectivity index (χ2n) is 7.29. The van der Waals surface area contributed by atoms with Gasteiger partial charge in [-0.1, -0.05) is 37.1 Å². The average molecular weight is 384 g/mol. The molecule has 1 saturated carbocycles. The molecule has 2 aromatic rings. The molecule has 1 aliphatic carbocycles. The maximum atomic E-state index is 5.96. The lowest BCUT2D eigenvalue weighted by molar-refractivity contribution is 0.308. The summed E-state index contributed by atoms with van der Waals surface area (Å²) in [5.41, 5.74) is 5.86. The van der Waals surface area contributed by atoms with E-state index < -0.39 is 0 Å². The van der Waals surface area contributed by atoms with Crippen LogP contribution in [-0.4, -0.2) is 25.5 Å². The fraction of sp³-hybridized carbons (Fsp3) is 0.435. The van der Waals surface area contributed by atoms with Crippen LogP contribution >= 0.6 is 11.6 Å². The van der Waals surface area contributed by atoms with Crippen molar-refractivity contribution in [3.8, 4) is 11.5 Å². The Balaban J connectivity index is 1.85. The topological polar surface area (TPSA) is 30.8 Å². The van der Waals surface area contributed by atoms with Crippen molar-refractivity contribution in [1.29, 1.82) is 0 Å². The predicted octanol–water partition coefficient (Wildman–Crippen LogP) is 5.71. The number of rotatable bonds is 5. The van der Waals surface area contributed by atoms with Crippen LogP contribution in [0.1, 0.15) is 60.8 Å². The lowest BCUT2D eigenvalue weighted by Crippen LogP contribution is -2.29. The number of benzene rings is 2. The SMILES string of the molecule is CCOc1cc2c(cc1OC)C(c1ccc(CCl)cc1)=N[C@H]1CCCC[C@@H]21. The molecule has 0 spiro atoms. The fourth-order valence-corrected chi connectivity index (χ4v) is 4.54. The number of alkyl halides is 1. The molecule has 2 aromatic carbocycles. The lowest BCUT2D eigenvalue weighted by Gasteiger charge is -2.36. The standard InChI is InChI=1S/C23H26ClNO2/c1-3-27-22-12-18-17-6-4-5-7-20(17)25-23(19(18)13-21(22)26-2)16-10-8-15(14-24)9-11-16/h8-13,17,20H,3-7,14H2,1-2H3/t17-,20-/m0/s1. The van der Waals surface area contributed by atoms with Gasteiger partial charge in [0.2, 0.25) is 0 Å². The van der Waals surface area contributed by atoms with Crippen molar-refractivity contribution in [3.63, 3.8) is 0 Å². The molecular weight excluding hydrogens is 358 g/mol. The van der Waals surface area contributed by atoms with Gasteiger partial charge in [0.15, 0.2) is 11.5 Å². The number of aliphatic imine (C=N–C) groups is 1. The van der Waals surface area contributed by atoms with Crippen LogP contribution < -0.4 is 9.47 Å². The molecule has 1 heterocycles. The molecule has 0 bridgehead atoms. The zero-order valence-corrected chi connectivity index (χ0v) is 16.8. The Bertz CT molecular complexity index is 844. The smallest absolute Gasteiger partial charge is 0.161 e. The highest BCUT2D eigenvalue weighted by molar-refractivity contribution is 6.17. The van der Waals surface area contributed by atoms with E-state index in [9.17, 15) is 0 Å². The van der Waals surface area contributed by atoms with Crippen molar-refractivity contribution < 1.29 is 9.47 Å². The molecule has 0 aromatic heterocycles. The maximum Gasteiger partial charge on any atom is 0.161 e. The van der Waals surface area contributed by atoms with Gasteiger partial charge >= 0.3 is 0 Å². The van der Waals surface area contributed by atoms with E-state index in [1.54, 1.807) is 7.11 Å². The first-order chi connectivity index (χ1) is 13.2. The van der Waals surface area contributed by atoms with Crippen LogP contribution in [0.3, 0.4) is 0 Å². The molecule has 3 nitrogen and oxygen atoms in total. The summed E-state index contributed by atoms with van der Waals surface area (Å²) in [5.74, 6) is 2.61. The summed E-state index contributed by atoms with van der Waals surface area (Å²) in [6.45, 7) is 2.64. The number of nitrogens with zero attached hydrogens (tertiary/aromatic N) is 1. The summed E-state index contributed by atoms with van der Waals surface area (Å²) < 4.78 is 11.5. The highest BCUT2D eigenvalue weighted by atomic mass is 35.5. The van der Waals surface area contributed by atoms with Gasteiger partial charge in [0.1, 0.15) is 0 Å². The van der Waals surface area contributed by atoms with Gasteiger partial charge in [-0.15, -0.1) is 11.6 Å². The molecule has 0 unspecified atom stereocenters. The maximum absolute atomic E-state index is 5.96. The minimum absolute atomic E-state index is 0.358. The minimum Gasteiger partial charge on any atom is -0.493 e. The van der Waals surface area contributed by atoms with E-state index in [-0.39, 0.29) is 0 Å². The number of hydrogen-bond acceptors (Lipinski definition) is 3. The van der Waals surface area contributed by atoms with Gasteiger partial charge < -0.3 is 9.47 Å². The molecule has 1 aliphatic heterocycles. The lowest BCUT2D eigenvalue weighted by atomic mass is 9.75. The Labute approximate surface area is 166 Å². The quantitative estimate of drug-likeness (QED) is 0.619. The first-order valence-corrected chi connectivity index (χ1v) is 10.4. The predicted molar refractivity (Wildman–Crippen MR) is 111 cm³/mol. The zero-order chi connectivity index (χ0) is 18.8. The van der Waals surface area contributed by atoms with Gasteiger partial charge in [-0.2, -0.15) is 0 Å². The fourth-order valence-electron chi connectivity index (χ4n) is 4.36. The zero-order valence-electron chi connectivity index (χ0n) is 16.0. The molecule has 2 aliphatic rings. The number of hydrogen-bond donors (Lipinski definition) is 0. The highest BCUT2D eigenvalue weighted by Gasteiger charge is 2.34. The minimum atomic E-state index is 0.358. The van der Waals surface area contributed by atoms with E-state index >= 15 is 0 Å². The summed E-state index contributed by atoms with van der Waals surface area (Å²) in [7, 11) is 1.70. The third kappa shape index (κ3) is 3.45. The first kappa shape index (κ1) is 18.4. The van der Waals surface area contributed by atoms with Crippen LogP contribution in [0.15, 0.2) is 41.4 Å². The molecule has 0 N–H and O–H groups in total. The monoisotopic (exact) mass is 383 g/mol. The summed E-state index contributed by atoms with van der Waals surface area (Å²) in [4.78, 5) is 5.21. The van der Waals surface area contributed by atoms with Crippen LogP contribution in [0.25, 0.3) is 0 Å². The van der Waals surface area contributed by atoms with Crippen molar-refractivity contribution in [1.82, 2.24) is 0 Å². The van der Waals surface area contributed by atoms with Gasteiger partial charge in [-0.25, -0.2) is 0 Å². The molecule has 4 heteroatoms. The largest absolute Gasteiger partial charge is 0.493 e. The van der Waals surface area contributed by atoms with Gasteiger partial charge in [0, 0.05) is 22.9 Å². The van der Waals surface area contributed by atoms with E-state index in [1.807, 2.05) is 6.92 Å². The van der Waals surface area contributed by atoms with Crippen molar-refractivity contribution in [2.75, 3.05) is 13.7 Å². The van der Waals surface area contributed by atoms with Crippen LogP contribution in [-0.2, 0) is 5.88 Å². The van der Waals surface area contributed by atoms with E-state index in [0.717, 1.165) is 34.8 Å². The van der Waals surface area contributed by atoms with E-state index in [1.165, 1.54) is 30.4 Å². The summed E-state index contributed by atoms with van der Waals surface area (Å²) in [6.07, 6.45) is 4.87. The van der Waals surface area contributed by atoms with Gasteiger partial charge in [-0.3, -0.25) is 4.99 Å². The van der Waals surface area contributed by atoms with Crippen LogP contribution in [0.2, 0.25) is 0 Å². The van der Waals surface area contributed by atoms with Crippen LogP contribution in [0.4, 0.5) is 0 Å². The van der Waals surface area contributed by atoms with Crippen molar-refractivity contribution in [2.24, 2.45) is 4.99 Å². The van der Waals surface area contributed by atoms with Crippen LogP contribution in [0.5, 0.6) is 11.5 Å². The summed E-state index contributed by atoms with van der Waals surface area (Å²) in [6, 6.07) is 13.1. The Kier molecular flexibility index (Phi) is 5.40. The van der Waals surface area contributed by atoms with E-state index in [4.69, 9.17) is 26.1 Å². The number of halogens is 1. The second-order valence-corrected chi connectivity index (χ2v) is 7.56. The molecule has 27 heavy (non-hydrogen) atoms. The number of ether oxygens (including phenoxy) is 2. The molecular formula is C23H26ClNO2. The molecule has 4 rings (SSSR count). The normalized spacial score (nSPS) is 21.1. The molecule has 0 saturated heterocycles. The Hall–Kier alpha value is -2.00. The first-order valence-electron chi connectivity index (χ1n) is 9.83. The second kappa shape index (κ2) is 7.93. The number of fused-ring (bicyclic) bond motifs is 3. The Morgan fingerprint density at radius 2 is 1.85 bits per heavy atom. The summed E-state index contributed by atoms with van der Waals surface area (Å²) >= 11 is 5.96. The molecule has 0 amide bonds. The van der Waals surface area contributed by atoms with Crippen LogP contribution in [0, 0.1) is 0 Å².